The van der Waals surface area contributed by atoms with Crippen molar-refractivity contribution < 1.29 is 17.9 Å². The molecule has 12 heavy (non-hydrogen) atoms. The predicted octanol–water partition coefficient (Wildman–Crippen LogP) is 1.26. The number of nitrogens with two attached hydrogens (primary N) is 1. The van der Waals surface area contributed by atoms with Crippen LogP contribution in [0.2, 0.25) is 0 Å². The Balaban J connectivity index is 3.01. The summed E-state index contributed by atoms with van der Waals surface area (Å²) in [5.41, 5.74) is 5.17. The van der Waals surface area contributed by atoms with Crippen molar-refractivity contribution >= 4 is 11.8 Å². The largest absolute Gasteiger partial charge is 0.411 e. The second-order valence-electron chi connectivity index (χ2n) is 2.07. The van der Waals surface area contributed by atoms with Crippen LogP contribution in [0.5, 0.6) is 0 Å². The van der Waals surface area contributed by atoms with E-state index in [4.69, 9.17) is 5.73 Å². The van der Waals surface area contributed by atoms with Gasteiger partial charge in [0.1, 0.15) is 6.61 Å². The fraction of sp³-hybridized carbons (Fsp3) is 1.00. The first-order valence-electron chi connectivity index (χ1n) is 3.48. The lowest BCUT2D eigenvalue weighted by atomic mass is 10.7. The van der Waals surface area contributed by atoms with Crippen LogP contribution in [0, 0.1) is 0 Å². The smallest absolute Gasteiger partial charge is 0.371 e. The van der Waals surface area contributed by atoms with Crippen LogP contribution < -0.4 is 5.73 Å². The van der Waals surface area contributed by atoms with Gasteiger partial charge >= 0.3 is 6.18 Å². The Kier molecular flexibility index (Phi) is 6.60. The van der Waals surface area contributed by atoms with Crippen molar-refractivity contribution in [1.29, 1.82) is 0 Å². The van der Waals surface area contributed by atoms with Gasteiger partial charge in [-0.05, 0) is 0 Å². The molecule has 0 atom stereocenters. The van der Waals surface area contributed by atoms with Crippen molar-refractivity contribution in [2.24, 2.45) is 5.73 Å². The molecule has 0 bridgehead atoms. The molecule has 6 heteroatoms. The lowest BCUT2D eigenvalue weighted by Gasteiger charge is -2.06. The third-order valence-corrected chi connectivity index (χ3v) is 1.88. The maximum atomic E-state index is 11.5. The minimum Gasteiger partial charge on any atom is -0.371 e. The summed E-state index contributed by atoms with van der Waals surface area (Å²) in [4.78, 5) is 0. The maximum absolute atomic E-state index is 11.5. The topological polar surface area (TPSA) is 35.2 Å². The molecule has 0 aliphatic rings. The molecule has 2 N–H and O–H groups in total. The summed E-state index contributed by atoms with van der Waals surface area (Å²) in [5.74, 6) is 1.32. The first kappa shape index (κ1) is 12.1. The molecule has 2 nitrogen and oxygen atoms in total. The van der Waals surface area contributed by atoms with Crippen LogP contribution in [0.4, 0.5) is 13.2 Å². The number of rotatable bonds is 6. The molecule has 0 radical (unpaired) electrons. The Morgan fingerprint density at radius 2 is 1.92 bits per heavy atom. The third-order valence-electron chi connectivity index (χ3n) is 0.900. The molecule has 0 aromatic rings. The van der Waals surface area contributed by atoms with E-state index in [9.17, 15) is 13.2 Å². The molecule has 0 saturated heterocycles. The van der Waals surface area contributed by atoms with Gasteiger partial charge in [0.2, 0.25) is 0 Å². The molecule has 0 amide bonds. The minimum absolute atomic E-state index is 0.129. The minimum atomic E-state index is -4.21. The Hall–Kier alpha value is 0.0600. The van der Waals surface area contributed by atoms with E-state index in [0.29, 0.717) is 12.3 Å². The highest BCUT2D eigenvalue weighted by Gasteiger charge is 2.27. The molecular weight excluding hydrogens is 191 g/mol. The number of alkyl halides is 3. The highest BCUT2D eigenvalue weighted by molar-refractivity contribution is 7.99. The zero-order chi connectivity index (χ0) is 9.45. The van der Waals surface area contributed by atoms with E-state index in [1.165, 1.54) is 11.8 Å². The summed E-state index contributed by atoms with van der Waals surface area (Å²) in [6, 6.07) is 0. The highest BCUT2D eigenvalue weighted by Crippen LogP contribution is 2.14. The quantitative estimate of drug-likeness (QED) is 0.660. The van der Waals surface area contributed by atoms with Crippen molar-refractivity contribution in [3.8, 4) is 0 Å². The zero-order valence-corrected chi connectivity index (χ0v) is 7.38. The van der Waals surface area contributed by atoms with Gasteiger partial charge in [-0.25, -0.2) is 0 Å². The van der Waals surface area contributed by atoms with Crippen LogP contribution in [0.1, 0.15) is 0 Å². The van der Waals surface area contributed by atoms with Crippen molar-refractivity contribution in [2.45, 2.75) is 6.18 Å². The zero-order valence-electron chi connectivity index (χ0n) is 6.56. The van der Waals surface area contributed by atoms with E-state index in [2.05, 4.69) is 4.74 Å². The van der Waals surface area contributed by atoms with Crippen molar-refractivity contribution in [1.82, 2.24) is 0 Å². The number of hydrogen-bond acceptors (Lipinski definition) is 3. The van der Waals surface area contributed by atoms with Crippen LogP contribution in [0.25, 0.3) is 0 Å². The molecule has 0 aliphatic heterocycles. The van der Waals surface area contributed by atoms with Gasteiger partial charge in [0.25, 0.3) is 0 Å². The monoisotopic (exact) mass is 203 g/mol. The van der Waals surface area contributed by atoms with Gasteiger partial charge in [-0.3, -0.25) is 0 Å². The molecule has 0 fully saturated rings. The number of ether oxygens (including phenoxy) is 1. The maximum Gasteiger partial charge on any atom is 0.411 e. The molecular formula is C6H12F3NOS. The molecule has 74 valence electrons. The van der Waals surface area contributed by atoms with Crippen LogP contribution in [-0.2, 0) is 4.74 Å². The molecule has 0 aliphatic carbocycles. The van der Waals surface area contributed by atoms with Gasteiger partial charge in [0.05, 0.1) is 6.61 Å². The molecule has 0 spiro atoms. The van der Waals surface area contributed by atoms with Crippen LogP contribution in [0.3, 0.4) is 0 Å². The summed E-state index contributed by atoms with van der Waals surface area (Å²) in [6.45, 7) is -0.482. The average molecular weight is 203 g/mol. The molecule has 0 unspecified atom stereocenters. The SMILES string of the molecule is NCCSCCOCC(F)(F)F. The Labute approximate surface area is 73.6 Å². The molecule has 0 rings (SSSR count). The van der Waals surface area contributed by atoms with Gasteiger partial charge < -0.3 is 10.5 Å². The van der Waals surface area contributed by atoms with Crippen molar-refractivity contribution in [2.75, 3.05) is 31.3 Å². The van der Waals surface area contributed by atoms with Gasteiger partial charge in [-0.1, -0.05) is 0 Å². The van der Waals surface area contributed by atoms with Gasteiger partial charge in [0.15, 0.2) is 0 Å². The normalized spacial score (nSPS) is 12.0. The van der Waals surface area contributed by atoms with Gasteiger partial charge in [-0.15, -0.1) is 0 Å². The lowest BCUT2D eigenvalue weighted by Crippen LogP contribution is -2.18. The Morgan fingerprint density at radius 3 is 2.42 bits per heavy atom. The fourth-order valence-corrected chi connectivity index (χ4v) is 1.10. The van der Waals surface area contributed by atoms with Gasteiger partial charge in [0, 0.05) is 18.1 Å². The lowest BCUT2D eigenvalue weighted by molar-refractivity contribution is -0.172. The van der Waals surface area contributed by atoms with E-state index >= 15 is 0 Å². The Bertz CT molecular complexity index is 109. The third kappa shape index (κ3) is 10.1. The number of hydrogen-bond donors (Lipinski definition) is 1. The molecule has 0 saturated carbocycles. The average Bonchev–Trinajstić information content (AvgIpc) is 1.94. The number of thioether (sulfide) groups is 1. The summed E-state index contributed by atoms with van der Waals surface area (Å²) in [5, 5.41) is 0. The fourth-order valence-electron chi connectivity index (χ4n) is 0.491. The Morgan fingerprint density at radius 1 is 1.25 bits per heavy atom. The molecule has 0 aromatic carbocycles. The summed E-state index contributed by atoms with van der Waals surface area (Å²) in [6.07, 6.45) is -4.21. The van der Waals surface area contributed by atoms with Gasteiger partial charge in [-0.2, -0.15) is 24.9 Å². The van der Waals surface area contributed by atoms with Crippen LogP contribution in [-0.4, -0.2) is 37.4 Å². The van der Waals surface area contributed by atoms with E-state index in [1.807, 2.05) is 0 Å². The molecule has 0 heterocycles. The van der Waals surface area contributed by atoms with E-state index in [-0.39, 0.29) is 6.61 Å². The summed E-state index contributed by atoms with van der Waals surface area (Å²) in [7, 11) is 0. The second kappa shape index (κ2) is 6.56. The predicted molar refractivity (Wildman–Crippen MR) is 43.3 cm³/mol. The summed E-state index contributed by atoms with van der Waals surface area (Å²) >= 11 is 1.49. The second-order valence-corrected chi connectivity index (χ2v) is 3.29. The molecule has 0 aromatic heterocycles. The van der Waals surface area contributed by atoms with Crippen molar-refractivity contribution in [3.63, 3.8) is 0 Å². The number of halogens is 3. The van der Waals surface area contributed by atoms with E-state index in [1.54, 1.807) is 0 Å². The first-order valence-corrected chi connectivity index (χ1v) is 4.64. The highest BCUT2D eigenvalue weighted by atomic mass is 32.2. The summed E-state index contributed by atoms with van der Waals surface area (Å²) < 4.78 is 38.8. The standard InChI is InChI=1S/C6H12F3NOS/c7-6(8,9)5-11-2-4-12-3-1-10/h1-5,10H2. The van der Waals surface area contributed by atoms with Crippen LogP contribution in [0.15, 0.2) is 0 Å². The first-order chi connectivity index (χ1) is 5.56. The van der Waals surface area contributed by atoms with Crippen LogP contribution >= 0.6 is 11.8 Å². The van der Waals surface area contributed by atoms with Crippen molar-refractivity contribution in [3.05, 3.63) is 0 Å². The van der Waals surface area contributed by atoms with E-state index in [0.717, 1.165) is 5.75 Å². The van der Waals surface area contributed by atoms with E-state index < -0.39 is 12.8 Å².